The van der Waals surface area contributed by atoms with Gasteiger partial charge in [0.2, 0.25) is 0 Å². The summed E-state index contributed by atoms with van der Waals surface area (Å²) < 4.78 is 87.8. The van der Waals surface area contributed by atoms with Crippen LogP contribution in [0.3, 0.4) is 0 Å². The van der Waals surface area contributed by atoms with Gasteiger partial charge in [-0.2, -0.15) is 8.42 Å². The molecular weight excluding hydrogens is 641 g/mol. The van der Waals surface area contributed by atoms with Crippen LogP contribution >= 0.6 is 22.6 Å². The van der Waals surface area contributed by atoms with Crippen molar-refractivity contribution in [1.29, 1.82) is 0 Å². The SMILES string of the molecule is C=C(C)CNC(=O)c1cc(Cc2ccnc(NS(=O)(=O)NC)c2F)c(F)c(F)c1Nc1ccc(I)cc1F. The van der Waals surface area contributed by atoms with Crippen LogP contribution in [0.5, 0.6) is 0 Å². The number of nitrogens with zero attached hydrogens (tertiary/aromatic N) is 1. The quantitative estimate of drug-likeness (QED) is 0.142. The Labute approximate surface area is 230 Å². The van der Waals surface area contributed by atoms with Gasteiger partial charge < -0.3 is 10.6 Å². The number of anilines is 3. The van der Waals surface area contributed by atoms with Crippen molar-refractivity contribution < 1.29 is 30.8 Å². The van der Waals surface area contributed by atoms with E-state index in [1.54, 1.807) is 6.92 Å². The van der Waals surface area contributed by atoms with Gasteiger partial charge >= 0.3 is 0 Å². The van der Waals surface area contributed by atoms with Crippen molar-refractivity contribution in [2.45, 2.75) is 13.3 Å². The topological polar surface area (TPSA) is 112 Å². The molecule has 4 N–H and O–H groups in total. The number of halogens is 5. The monoisotopic (exact) mass is 663 g/mol. The van der Waals surface area contributed by atoms with Crippen LogP contribution in [0.1, 0.15) is 28.4 Å². The lowest BCUT2D eigenvalue weighted by atomic mass is 9.99. The first-order valence-corrected chi connectivity index (χ1v) is 13.4. The Morgan fingerprint density at radius 2 is 1.76 bits per heavy atom. The molecule has 0 bridgehead atoms. The van der Waals surface area contributed by atoms with E-state index in [9.17, 15) is 22.0 Å². The number of pyridine rings is 1. The van der Waals surface area contributed by atoms with Gasteiger partial charge in [0.1, 0.15) is 5.82 Å². The Bertz CT molecular complexity index is 1520. The molecule has 0 atom stereocenters. The Hall–Kier alpha value is -3.24. The Balaban J connectivity index is 2.09. The molecule has 0 spiro atoms. The van der Waals surface area contributed by atoms with Gasteiger partial charge in [0.05, 0.1) is 16.9 Å². The summed E-state index contributed by atoms with van der Waals surface area (Å²) in [5.41, 5.74) is -1.26. The van der Waals surface area contributed by atoms with Gasteiger partial charge in [-0.25, -0.2) is 27.3 Å². The average Bonchev–Trinajstić information content (AvgIpc) is 2.85. The van der Waals surface area contributed by atoms with E-state index in [1.165, 1.54) is 18.2 Å². The molecule has 1 aromatic heterocycles. The first-order valence-electron chi connectivity index (χ1n) is 10.8. The molecule has 8 nitrogen and oxygen atoms in total. The number of nitrogens with one attached hydrogen (secondary N) is 4. The van der Waals surface area contributed by atoms with Crippen molar-refractivity contribution >= 4 is 55.9 Å². The molecule has 0 fully saturated rings. The second-order valence-electron chi connectivity index (χ2n) is 8.09. The number of rotatable bonds is 10. The maximum absolute atomic E-state index is 15.4. The summed E-state index contributed by atoms with van der Waals surface area (Å²) in [5.74, 6) is -6.27. The number of aromatic nitrogens is 1. The molecule has 2 aromatic carbocycles. The summed E-state index contributed by atoms with van der Waals surface area (Å²) in [5, 5.41) is 4.95. The van der Waals surface area contributed by atoms with Crippen LogP contribution in [0.25, 0.3) is 0 Å². The highest BCUT2D eigenvalue weighted by atomic mass is 127. The molecule has 3 rings (SSSR count). The van der Waals surface area contributed by atoms with Crippen molar-refractivity contribution in [3.8, 4) is 0 Å². The minimum Gasteiger partial charge on any atom is -0.350 e. The highest BCUT2D eigenvalue weighted by Gasteiger charge is 2.25. The first-order chi connectivity index (χ1) is 17.8. The molecule has 0 saturated heterocycles. The summed E-state index contributed by atoms with van der Waals surface area (Å²) in [6, 6.07) is 6.16. The molecule has 0 unspecified atom stereocenters. The Kier molecular flexibility index (Phi) is 9.32. The number of hydrogen-bond donors (Lipinski definition) is 4. The minimum atomic E-state index is -4.11. The standard InChI is InChI=1S/C24H22F4IN5O3S/c1-12(2)11-32-24(35)16-9-14(8-13-6-7-31-23(20(13)27)34-38(36,37)30-3)19(26)21(28)22(16)33-18-5-4-15(29)10-17(18)25/h4-7,9-10,30,33H,1,8,11H2,2-3H3,(H,31,34)(H,32,35). The third kappa shape index (κ3) is 6.99. The molecule has 202 valence electrons. The van der Waals surface area contributed by atoms with E-state index in [1.807, 2.05) is 32.0 Å². The molecule has 0 aliphatic heterocycles. The normalized spacial score (nSPS) is 11.2. The lowest BCUT2D eigenvalue weighted by Gasteiger charge is -2.17. The molecule has 0 radical (unpaired) electrons. The Morgan fingerprint density at radius 1 is 1.05 bits per heavy atom. The molecule has 14 heteroatoms. The van der Waals surface area contributed by atoms with Crippen molar-refractivity contribution in [3.63, 3.8) is 0 Å². The van der Waals surface area contributed by atoms with Crippen molar-refractivity contribution in [1.82, 2.24) is 15.0 Å². The average molecular weight is 663 g/mol. The van der Waals surface area contributed by atoms with E-state index in [2.05, 4.69) is 22.2 Å². The molecule has 3 aromatic rings. The van der Waals surface area contributed by atoms with Crippen molar-refractivity contribution in [3.05, 3.63) is 92.2 Å². The lowest BCUT2D eigenvalue weighted by molar-refractivity contribution is 0.0957. The predicted octanol–water partition coefficient (Wildman–Crippen LogP) is 4.76. The summed E-state index contributed by atoms with van der Waals surface area (Å²) in [4.78, 5) is 16.6. The largest absolute Gasteiger partial charge is 0.350 e. The number of carbonyl (C=O) groups excluding carboxylic acids is 1. The van der Waals surface area contributed by atoms with Gasteiger partial charge in [-0.05, 0) is 71.0 Å². The fourth-order valence-electron chi connectivity index (χ4n) is 3.24. The molecule has 0 aliphatic rings. The van der Waals surface area contributed by atoms with Gasteiger partial charge in [0, 0.05) is 29.8 Å². The second kappa shape index (κ2) is 12.1. The van der Waals surface area contributed by atoms with E-state index in [0.29, 0.717) is 9.14 Å². The summed E-state index contributed by atoms with van der Waals surface area (Å²) >= 11 is 1.88. The van der Waals surface area contributed by atoms with Crippen LogP contribution < -0.4 is 20.1 Å². The third-order valence-electron chi connectivity index (χ3n) is 5.12. The summed E-state index contributed by atoms with van der Waals surface area (Å²) in [6.45, 7) is 5.34. The lowest BCUT2D eigenvalue weighted by Crippen LogP contribution is -2.27. The zero-order chi connectivity index (χ0) is 28.2. The summed E-state index contributed by atoms with van der Waals surface area (Å²) in [6.07, 6.45) is 0.514. The van der Waals surface area contributed by atoms with E-state index in [4.69, 9.17) is 0 Å². The number of carbonyl (C=O) groups is 1. The van der Waals surface area contributed by atoms with Crippen LogP contribution in [0.15, 0.2) is 48.7 Å². The third-order valence-corrected chi connectivity index (χ3v) is 6.79. The molecule has 38 heavy (non-hydrogen) atoms. The second-order valence-corrected chi connectivity index (χ2v) is 11.0. The van der Waals surface area contributed by atoms with E-state index >= 15 is 8.78 Å². The zero-order valence-corrected chi connectivity index (χ0v) is 23.0. The highest BCUT2D eigenvalue weighted by molar-refractivity contribution is 14.1. The molecule has 0 saturated carbocycles. The van der Waals surface area contributed by atoms with Gasteiger partial charge in [-0.1, -0.05) is 12.2 Å². The molecular formula is C24H22F4IN5O3S. The molecule has 1 heterocycles. The van der Waals surface area contributed by atoms with Crippen LogP contribution in [-0.4, -0.2) is 32.9 Å². The minimum absolute atomic E-state index is 0.0262. The van der Waals surface area contributed by atoms with E-state index in [0.717, 1.165) is 25.4 Å². The van der Waals surface area contributed by atoms with Crippen LogP contribution in [0.4, 0.5) is 34.8 Å². The number of benzene rings is 2. The molecule has 0 aliphatic carbocycles. The van der Waals surface area contributed by atoms with Crippen LogP contribution in [0.2, 0.25) is 0 Å². The van der Waals surface area contributed by atoms with E-state index in [-0.39, 0.29) is 23.4 Å². The first kappa shape index (κ1) is 29.3. The summed E-state index contributed by atoms with van der Waals surface area (Å²) in [7, 11) is -3.01. The maximum atomic E-state index is 15.4. The van der Waals surface area contributed by atoms with Crippen LogP contribution in [0, 0.1) is 26.8 Å². The van der Waals surface area contributed by atoms with E-state index < -0.39 is 62.9 Å². The smallest absolute Gasteiger partial charge is 0.300 e. The van der Waals surface area contributed by atoms with Gasteiger partial charge in [0.15, 0.2) is 23.3 Å². The number of amides is 1. The number of hydrogen-bond acceptors (Lipinski definition) is 5. The van der Waals surface area contributed by atoms with Gasteiger partial charge in [-0.15, -0.1) is 0 Å². The zero-order valence-electron chi connectivity index (χ0n) is 20.1. The van der Waals surface area contributed by atoms with Crippen molar-refractivity contribution in [2.24, 2.45) is 0 Å². The van der Waals surface area contributed by atoms with Gasteiger partial charge in [0.25, 0.3) is 16.1 Å². The Morgan fingerprint density at radius 3 is 2.39 bits per heavy atom. The van der Waals surface area contributed by atoms with Crippen molar-refractivity contribution in [2.75, 3.05) is 23.6 Å². The fourth-order valence-corrected chi connectivity index (χ4v) is 4.19. The van der Waals surface area contributed by atoms with Crippen LogP contribution in [-0.2, 0) is 16.6 Å². The fraction of sp³-hybridized carbons (Fsp3) is 0.167. The maximum Gasteiger partial charge on any atom is 0.300 e. The predicted molar refractivity (Wildman–Crippen MR) is 145 cm³/mol. The molecule has 1 amide bonds. The highest BCUT2D eigenvalue weighted by Crippen LogP contribution is 2.32. The van der Waals surface area contributed by atoms with Gasteiger partial charge in [-0.3, -0.25) is 9.52 Å².